The number of anilines is 1. The number of aromatic hydroxyl groups is 1. The zero-order valence-electron chi connectivity index (χ0n) is 25.0. The summed E-state index contributed by atoms with van der Waals surface area (Å²) in [6.45, 7) is -0.268. The van der Waals surface area contributed by atoms with Crippen LogP contribution in [0.15, 0.2) is 88.0 Å². The molecule has 3 heterocycles. The van der Waals surface area contributed by atoms with Crippen LogP contribution in [0.4, 0.5) is 27.6 Å². The normalized spacial score (nSPS) is 24.3. The van der Waals surface area contributed by atoms with Gasteiger partial charge in [0.05, 0.1) is 18.3 Å². The highest BCUT2D eigenvalue weighted by molar-refractivity contribution is 6.58. The lowest BCUT2D eigenvalue weighted by Gasteiger charge is -2.49. The van der Waals surface area contributed by atoms with Crippen LogP contribution in [0, 0.1) is 29.1 Å². The molecule has 4 atom stereocenters. The number of hydrogen-bond donors (Lipinski definition) is 1. The van der Waals surface area contributed by atoms with E-state index in [1.807, 2.05) is 0 Å². The zero-order chi connectivity index (χ0) is 35.6. The van der Waals surface area contributed by atoms with Gasteiger partial charge in [0.1, 0.15) is 11.4 Å². The Bertz CT molecular complexity index is 2490. The largest absolute Gasteiger partial charge is 0.507 e. The van der Waals surface area contributed by atoms with Crippen LogP contribution < -0.4 is 16.3 Å². The monoisotopic (exact) mass is 728 g/mol. The molecule has 0 bridgehead atoms. The second-order valence-electron chi connectivity index (χ2n) is 12.1. The van der Waals surface area contributed by atoms with Gasteiger partial charge in [-0.15, -0.1) is 23.2 Å². The molecule has 1 saturated heterocycles. The van der Waals surface area contributed by atoms with E-state index in [1.54, 1.807) is 48.5 Å². The maximum absolute atomic E-state index is 15.3. The molecule has 0 radical (unpaired) electrons. The highest BCUT2D eigenvalue weighted by atomic mass is 35.5. The number of rotatable bonds is 3. The smallest absolute Gasteiger partial charge is 0.352 e. The summed E-state index contributed by atoms with van der Waals surface area (Å²) in [6, 6.07) is 16.0. The van der Waals surface area contributed by atoms with Crippen molar-refractivity contribution < 1.29 is 36.6 Å². The van der Waals surface area contributed by atoms with Gasteiger partial charge in [0.25, 0.3) is 11.8 Å². The summed E-state index contributed by atoms with van der Waals surface area (Å²) in [5, 5.41) is 12.5. The van der Waals surface area contributed by atoms with Crippen molar-refractivity contribution >= 4 is 51.5 Å². The van der Waals surface area contributed by atoms with Crippen LogP contribution >= 0.6 is 23.2 Å². The fourth-order valence-electron chi connectivity index (χ4n) is 7.48. The van der Waals surface area contributed by atoms with E-state index >= 15 is 8.78 Å². The van der Waals surface area contributed by atoms with E-state index in [0.29, 0.717) is 5.39 Å². The minimum absolute atomic E-state index is 0.105. The molecule has 1 saturated carbocycles. The van der Waals surface area contributed by atoms with Crippen molar-refractivity contribution in [1.29, 1.82) is 0 Å². The first kappa shape index (κ1) is 32.0. The number of benzene rings is 4. The lowest BCUT2D eigenvalue weighted by molar-refractivity contribution is -0.122. The Morgan fingerprint density at radius 2 is 1.36 bits per heavy atom. The van der Waals surface area contributed by atoms with Crippen molar-refractivity contribution in [2.75, 3.05) is 4.90 Å². The molecule has 1 aromatic heterocycles. The zero-order valence-corrected chi connectivity index (χ0v) is 26.5. The van der Waals surface area contributed by atoms with Gasteiger partial charge in [0, 0.05) is 23.3 Å². The summed E-state index contributed by atoms with van der Waals surface area (Å²) in [5.74, 6) is -17.8. The van der Waals surface area contributed by atoms with E-state index in [1.165, 1.54) is 24.3 Å². The first-order valence-corrected chi connectivity index (χ1v) is 15.7. The molecule has 1 N–H and O–H groups in total. The van der Waals surface area contributed by atoms with E-state index in [2.05, 4.69) is 0 Å². The first-order chi connectivity index (χ1) is 23.8. The number of hydrogen-bond acceptors (Lipinski definition) is 5. The van der Waals surface area contributed by atoms with Crippen LogP contribution in [-0.4, -0.2) is 40.6 Å². The summed E-state index contributed by atoms with van der Waals surface area (Å²) in [7, 11) is 0. The molecule has 2 aliphatic heterocycles. The second kappa shape index (κ2) is 10.6. The molecule has 4 aromatic carbocycles. The third-order valence-electron chi connectivity index (χ3n) is 9.75. The summed E-state index contributed by atoms with van der Waals surface area (Å²) >= 11 is 14.3. The van der Waals surface area contributed by atoms with E-state index in [9.17, 15) is 37.5 Å². The Hall–Kier alpha value is -5.21. The number of imide groups is 1. The second-order valence-corrected chi connectivity index (χ2v) is 13.4. The topological polar surface area (TPSA) is 107 Å². The molecule has 2 amide bonds. The number of carbonyl (C=O) groups is 2. The summed E-state index contributed by atoms with van der Waals surface area (Å²) in [5.41, 5.74) is -3.33. The molecule has 2 fully saturated rings. The molecule has 16 heteroatoms. The molecule has 5 aromatic rings. The Labute approximate surface area is 286 Å². The quantitative estimate of drug-likeness (QED) is 0.0655. The minimum Gasteiger partial charge on any atom is -0.507 e. The first-order valence-electron chi connectivity index (χ1n) is 14.9. The van der Waals surface area contributed by atoms with Crippen molar-refractivity contribution in [3.63, 3.8) is 0 Å². The van der Waals surface area contributed by atoms with Crippen molar-refractivity contribution in [2.45, 2.75) is 34.7 Å². The van der Waals surface area contributed by atoms with Crippen LogP contribution in [0.3, 0.4) is 0 Å². The van der Waals surface area contributed by atoms with Crippen molar-refractivity contribution in [1.82, 2.24) is 13.9 Å². The Balaban J connectivity index is 1.42. The average molecular weight is 729 g/mol. The number of amides is 2. The predicted octanol–water partition coefficient (Wildman–Crippen LogP) is 5.55. The molecule has 8 rings (SSSR count). The molecule has 254 valence electrons. The lowest BCUT2D eigenvalue weighted by atomic mass is 9.64. The van der Waals surface area contributed by atoms with Gasteiger partial charge in [-0.2, -0.15) is 0 Å². The van der Waals surface area contributed by atoms with E-state index in [0.717, 1.165) is 13.9 Å². The predicted molar refractivity (Wildman–Crippen MR) is 170 cm³/mol. The molecule has 1 aliphatic carbocycles. The number of nitrogens with zero attached hydrogens (tertiary/aromatic N) is 4. The number of fused-ring (bicyclic) bond motifs is 5. The fourth-order valence-corrected chi connectivity index (χ4v) is 8.38. The maximum Gasteiger partial charge on any atom is 0.352 e. The van der Waals surface area contributed by atoms with Gasteiger partial charge in [-0.1, -0.05) is 60.7 Å². The Morgan fingerprint density at radius 1 is 0.740 bits per heavy atom. The van der Waals surface area contributed by atoms with Crippen molar-refractivity contribution in [2.24, 2.45) is 0 Å². The fraction of sp³-hybridized carbons (Fsp3) is 0.176. The molecule has 4 unspecified atom stereocenters. The number of halogens is 7. The van der Waals surface area contributed by atoms with Crippen molar-refractivity contribution in [3.05, 3.63) is 134 Å². The van der Waals surface area contributed by atoms with Crippen LogP contribution in [0.25, 0.3) is 16.5 Å². The van der Waals surface area contributed by atoms with Crippen LogP contribution in [0.5, 0.6) is 5.75 Å². The maximum atomic E-state index is 15.3. The number of phenols is 1. The molecule has 50 heavy (non-hydrogen) atoms. The molecular formula is C34H19Cl2F5N4O5. The summed E-state index contributed by atoms with van der Waals surface area (Å²) in [4.78, 5) is 50.6. The van der Waals surface area contributed by atoms with Crippen molar-refractivity contribution in [3.8, 4) is 11.4 Å². The summed E-state index contributed by atoms with van der Waals surface area (Å²) in [6.07, 6.45) is 0.697. The van der Waals surface area contributed by atoms with Gasteiger partial charge in [-0.05, 0) is 23.1 Å². The van der Waals surface area contributed by atoms with Gasteiger partial charge in [-0.3, -0.25) is 9.59 Å². The van der Waals surface area contributed by atoms with Gasteiger partial charge in [0.15, 0.2) is 33.0 Å². The number of phenolic OH excluding ortho intramolecular Hbond substituents is 1. The van der Waals surface area contributed by atoms with Gasteiger partial charge >= 0.3 is 11.4 Å². The number of allylic oxidation sites excluding steroid dienone is 2. The Kier molecular flexibility index (Phi) is 6.82. The van der Waals surface area contributed by atoms with E-state index in [4.69, 9.17) is 23.2 Å². The SMILES string of the molecule is O=C1N(c2c(F)c(F)c(F)c(F)c2F)C(=O)C2(Cl)C(c3ccc4ccccc4c3O)C3=CCn4c(=O)n(-c5ccccc5)c(=O)n4C3CC12Cl. The average Bonchev–Trinajstić information content (AvgIpc) is 3.45. The molecular weight excluding hydrogens is 710 g/mol. The number of alkyl halides is 2. The number of carbonyl (C=O) groups excluding carboxylic acids is 2. The third-order valence-corrected chi connectivity index (χ3v) is 11.2. The van der Waals surface area contributed by atoms with Crippen LogP contribution in [-0.2, 0) is 16.1 Å². The molecule has 3 aliphatic rings. The Morgan fingerprint density at radius 3 is 2.04 bits per heavy atom. The number of para-hydroxylation sites is 1. The van der Waals surface area contributed by atoms with Gasteiger partial charge in [-0.25, -0.2) is 50.4 Å². The van der Waals surface area contributed by atoms with Gasteiger partial charge in [0.2, 0.25) is 5.82 Å². The minimum atomic E-state index is -2.79. The lowest BCUT2D eigenvalue weighted by Crippen LogP contribution is -2.59. The van der Waals surface area contributed by atoms with Crippen LogP contribution in [0.2, 0.25) is 0 Å². The third kappa shape index (κ3) is 3.82. The highest BCUT2D eigenvalue weighted by Gasteiger charge is 2.76. The number of aromatic nitrogens is 3. The summed E-state index contributed by atoms with van der Waals surface area (Å²) < 4.78 is 76.4. The van der Waals surface area contributed by atoms with E-state index < -0.39 is 91.8 Å². The van der Waals surface area contributed by atoms with Crippen LogP contribution in [0.1, 0.15) is 23.9 Å². The van der Waals surface area contributed by atoms with Gasteiger partial charge < -0.3 is 5.11 Å². The molecule has 0 spiro atoms. The highest BCUT2D eigenvalue weighted by Crippen LogP contribution is 2.65. The molecule has 9 nitrogen and oxygen atoms in total. The van der Waals surface area contributed by atoms with E-state index in [-0.39, 0.29) is 33.7 Å². The standard InChI is InChI=1S/C34H19Cl2F5N4O5/c35-33-14-20-18(12-13-42-31(49)43(32(50)45(20)42)16-7-2-1-3-8-16)21(19-11-10-15-6-4-5-9-17(15)28(19)46)34(33,36)30(48)44(29(33)47)27-25(40)23(38)22(37)24(39)26(27)41/h1-12,20-21,46H,13-14H2.